The lowest BCUT2D eigenvalue weighted by Crippen LogP contribution is -2.36. The van der Waals surface area contributed by atoms with E-state index in [-0.39, 0.29) is 6.10 Å². The Hall–Kier alpha value is -3.03. The van der Waals surface area contributed by atoms with E-state index in [0.29, 0.717) is 11.4 Å². The number of sulfonamides is 1. The molecule has 34 heavy (non-hydrogen) atoms. The molecule has 2 aliphatic heterocycles. The van der Waals surface area contributed by atoms with Gasteiger partial charge in [-0.2, -0.15) is 0 Å². The van der Waals surface area contributed by atoms with Gasteiger partial charge in [-0.1, -0.05) is 48.5 Å². The average Bonchev–Trinajstić information content (AvgIpc) is 2.87. The third-order valence-electron chi connectivity index (χ3n) is 6.56. The molecule has 7 heteroatoms. The van der Waals surface area contributed by atoms with E-state index >= 15 is 0 Å². The maximum absolute atomic E-state index is 13.3. The zero-order chi connectivity index (χ0) is 23.5. The van der Waals surface area contributed by atoms with Crippen LogP contribution in [0.15, 0.2) is 71.6 Å². The van der Waals surface area contributed by atoms with Crippen molar-refractivity contribution in [3.63, 3.8) is 0 Å². The minimum atomic E-state index is -3.56. The Morgan fingerprint density at radius 1 is 1.00 bits per heavy atom. The van der Waals surface area contributed by atoms with E-state index in [1.807, 2.05) is 48.5 Å². The van der Waals surface area contributed by atoms with Gasteiger partial charge < -0.3 is 14.8 Å². The monoisotopic (exact) mass is 478 g/mol. The maximum atomic E-state index is 13.3. The first kappa shape index (κ1) is 22.7. The van der Waals surface area contributed by atoms with Crippen LogP contribution < -0.4 is 19.1 Å². The molecule has 0 spiro atoms. The Morgan fingerprint density at radius 2 is 1.79 bits per heavy atom. The summed E-state index contributed by atoms with van der Waals surface area (Å²) in [7, 11) is -1.89. The van der Waals surface area contributed by atoms with Crippen molar-refractivity contribution in [2.24, 2.45) is 0 Å². The third-order valence-corrected chi connectivity index (χ3v) is 8.43. The highest BCUT2D eigenvalue weighted by molar-refractivity contribution is 7.93. The molecule has 0 fully saturated rings. The van der Waals surface area contributed by atoms with Crippen molar-refractivity contribution in [1.82, 2.24) is 5.32 Å². The summed E-state index contributed by atoms with van der Waals surface area (Å²) in [6, 6.07) is 21.0. The Morgan fingerprint density at radius 3 is 2.65 bits per heavy atom. The first-order valence-electron chi connectivity index (χ1n) is 11.8. The number of anilines is 1. The Labute approximate surface area is 201 Å². The number of unbranched alkanes of at least 4 members (excludes halogenated alkanes) is 1. The zero-order valence-electron chi connectivity index (χ0n) is 19.4. The first-order valence-corrected chi connectivity index (χ1v) is 13.3. The van der Waals surface area contributed by atoms with Gasteiger partial charge in [-0.15, -0.1) is 0 Å². The number of para-hydroxylation sites is 2. The number of nitrogens with one attached hydrogen (secondary N) is 1. The lowest BCUT2D eigenvalue weighted by molar-refractivity contribution is 0.163. The minimum absolute atomic E-state index is 0.106. The molecule has 0 saturated carbocycles. The number of aryl methyl sites for hydroxylation is 1. The van der Waals surface area contributed by atoms with Gasteiger partial charge in [0.2, 0.25) is 0 Å². The van der Waals surface area contributed by atoms with Crippen LogP contribution in [0.1, 0.15) is 24.8 Å². The SMILES string of the molecule is COc1cccc2c1OC(CNCCCCN1c3ccccc3-c3ccccc3S1(=O)=O)CC2. The normalized spacial score (nSPS) is 17.8. The minimum Gasteiger partial charge on any atom is -0.493 e. The van der Waals surface area contributed by atoms with E-state index in [2.05, 4.69) is 11.4 Å². The van der Waals surface area contributed by atoms with Crippen molar-refractivity contribution < 1.29 is 17.9 Å². The maximum Gasteiger partial charge on any atom is 0.264 e. The van der Waals surface area contributed by atoms with Crippen molar-refractivity contribution in [2.45, 2.75) is 36.7 Å². The Bertz CT molecular complexity index is 1260. The second-order valence-corrected chi connectivity index (χ2v) is 10.6. The van der Waals surface area contributed by atoms with Crippen LogP contribution in [0.2, 0.25) is 0 Å². The van der Waals surface area contributed by atoms with Gasteiger partial charge in [0.1, 0.15) is 6.10 Å². The lowest BCUT2D eigenvalue weighted by Gasteiger charge is -2.32. The molecule has 0 aromatic heterocycles. The summed E-state index contributed by atoms with van der Waals surface area (Å²) in [4.78, 5) is 0.386. The fourth-order valence-electron chi connectivity index (χ4n) is 4.83. The van der Waals surface area contributed by atoms with Crippen LogP contribution in [0, 0.1) is 0 Å². The summed E-state index contributed by atoms with van der Waals surface area (Å²) >= 11 is 0. The number of benzene rings is 3. The van der Waals surface area contributed by atoms with E-state index < -0.39 is 10.0 Å². The fraction of sp³-hybridized carbons (Fsp3) is 0.333. The van der Waals surface area contributed by atoms with Gasteiger partial charge in [0.05, 0.1) is 17.7 Å². The summed E-state index contributed by atoms with van der Waals surface area (Å²) in [6.45, 7) is 2.03. The lowest BCUT2D eigenvalue weighted by atomic mass is 10.0. The van der Waals surface area contributed by atoms with Crippen LogP contribution in [0.25, 0.3) is 11.1 Å². The second-order valence-electron chi connectivity index (χ2n) is 8.73. The van der Waals surface area contributed by atoms with Gasteiger partial charge in [-0.3, -0.25) is 4.31 Å². The van der Waals surface area contributed by atoms with Gasteiger partial charge in [-0.05, 0) is 56.0 Å². The predicted molar refractivity (Wildman–Crippen MR) is 134 cm³/mol. The van der Waals surface area contributed by atoms with E-state index in [1.165, 1.54) is 5.56 Å². The van der Waals surface area contributed by atoms with Crippen LogP contribution in [0.3, 0.4) is 0 Å². The molecule has 1 N–H and O–H groups in total. The zero-order valence-corrected chi connectivity index (χ0v) is 20.2. The van der Waals surface area contributed by atoms with Crippen molar-refractivity contribution >= 4 is 15.7 Å². The third kappa shape index (κ3) is 4.26. The highest BCUT2D eigenvalue weighted by Crippen LogP contribution is 2.42. The number of hydrogen-bond acceptors (Lipinski definition) is 5. The number of rotatable bonds is 8. The molecule has 3 aromatic carbocycles. The van der Waals surface area contributed by atoms with E-state index in [9.17, 15) is 8.42 Å². The van der Waals surface area contributed by atoms with Gasteiger partial charge in [0.15, 0.2) is 11.5 Å². The molecule has 5 rings (SSSR count). The highest BCUT2D eigenvalue weighted by Gasteiger charge is 2.34. The number of fused-ring (bicyclic) bond motifs is 4. The molecular weight excluding hydrogens is 448 g/mol. The molecule has 2 aliphatic rings. The molecule has 2 heterocycles. The molecular formula is C27H30N2O4S. The first-order chi connectivity index (χ1) is 16.6. The van der Waals surface area contributed by atoms with Crippen LogP contribution in [0.5, 0.6) is 11.5 Å². The molecule has 3 aromatic rings. The largest absolute Gasteiger partial charge is 0.493 e. The Balaban J connectivity index is 1.15. The quantitative estimate of drug-likeness (QED) is 0.478. The average molecular weight is 479 g/mol. The van der Waals surface area contributed by atoms with Crippen LogP contribution in [-0.4, -0.2) is 41.3 Å². The van der Waals surface area contributed by atoms with E-state index in [4.69, 9.17) is 9.47 Å². The summed E-state index contributed by atoms with van der Waals surface area (Å²) < 4.78 is 39.8. The van der Waals surface area contributed by atoms with Gasteiger partial charge in [0, 0.05) is 24.2 Å². The molecule has 0 aliphatic carbocycles. The molecule has 178 valence electrons. The summed E-state index contributed by atoms with van der Waals surface area (Å²) in [6.07, 6.45) is 3.70. The van der Waals surface area contributed by atoms with Gasteiger partial charge in [-0.25, -0.2) is 8.42 Å². The van der Waals surface area contributed by atoms with Crippen molar-refractivity contribution in [1.29, 1.82) is 0 Å². The molecule has 1 atom stereocenters. The molecule has 1 unspecified atom stereocenters. The van der Waals surface area contributed by atoms with Crippen LogP contribution >= 0.6 is 0 Å². The predicted octanol–water partition coefficient (Wildman–Crippen LogP) is 4.63. The number of hydrogen-bond donors (Lipinski definition) is 1. The topological polar surface area (TPSA) is 67.9 Å². The second kappa shape index (κ2) is 9.68. The van der Waals surface area contributed by atoms with E-state index in [0.717, 1.165) is 67.1 Å². The summed E-state index contributed by atoms with van der Waals surface area (Å²) in [5.41, 5.74) is 3.70. The standard InChI is InChI=1S/C27H30N2O4S/c1-32-25-13-8-9-20-15-16-21(33-27(20)25)19-28-17-6-7-18-29-24-12-4-2-10-22(24)23-11-3-5-14-26(23)34(29,30)31/h2-5,8-14,21,28H,6-7,15-19H2,1H3. The fourth-order valence-corrected chi connectivity index (χ4v) is 6.56. The molecule has 0 amide bonds. The van der Waals surface area contributed by atoms with Crippen molar-refractivity contribution in [3.8, 4) is 22.6 Å². The van der Waals surface area contributed by atoms with Crippen LogP contribution in [-0.2, 0) is 16.4 Å². The number of methoxy groups -OCH3 is 1. The van der Waals surface area contributed by atoms with Crippen molar-refractivity contribution in [3.05, 3.63) is 72.3 Å². The Kier molecular flexibility index (Phi) is 6.48. The summed E-state index contributed by atoms with van der Waals surface area (Å²) in [5, 5.41) is 3.48. The number of nitrogens with zero attached hydrogens (tertiary/aromatic N) is 1. The molecule has 6 nitrogen and oxygen atoms in total. The molecule has 0 bridgehead atoms. The molecule has 0 radical (unpaired) electrons. The van der Waals surface area contributed by atoms with Gasteiger partial charge in [0.25, 0.3) is 10.0 Å². The van der Waals surface area contributed by atoms with Crippen LogP contribution in [0.4, 0.5) is 5.69 Å². The summed E-state index contributed by atoms with van der Waals surface area (Å²) in [5.74, 6) is 1.64. The number of ether oxygens (including phenoxy) is 2. The highest BCUT2D eigenvalue weighted by atomic mass is 32.2. The van der Waals surface area contributed by atoms with Crippen molar-refractivity contribution in [2.75, 3.05) is 31.0 Å². The smallest absolute Gasteiger partial charge is 0.264 e. The molecule has 0 saturated heterocycles. The van der Waals surface area contributed by atoms with E-state index in [1.54, 1.807) is 23.5 Å². The van der Waals surface area contributed by atoms with Gasteiger partial charge >= 0.3 is 0 Å².